The minimum absolute atomic E-state index is 0.0723. The van der Waals surface area contributed by atoms with Crippen molar-refractivity contribution in [3.8, 4) is 5.75 Å². The summed E-state index contributed by atoms with van der Waals surface area (Å²) in [6.07, 6.45) is 3.10. The highest BCUT2D eigenvalue weighted by Crippen LogP contribution is 2.25. The smallest absolute Gasteiger partial charge is 0.264 e. The summed E-state index contributed by atoms with van der Waals surface area (Å²) in [5.41, 5.74) is 4.33. The number of nitrogens with one attached hydrogen (secondary N) is 1. The Morgan fingerprint density at radius 3 is 2.32 bits per heavy atom. The second-order valence-corrected chi connectivity index (χ2v) is 9.56. The van der Waals surface area contributed by atoms with E-state index in [1.807, 2.05) is 6.92 Å². The van der Waals surface area contributed by atoms with Gasteiger partial charge >= 0.3 is 0 Å². The number of carbonyl (C=O) groups is 1. The van der Waals surface area contributed by atoms with Crippen LogP contribution in [-0.4, -0.2) is 33.7 Å². The van der Waals surface area contributed by atoms with Gasteiger partial charge < -0.3 is 4.74 Å². The first-order valence-electron chi connectivity index (χ1n) is 10.3. The van der Waals surface area contributed by atoms with Crippen LogP contribution in [0.15, 0.2) is 95.4 Å². The number of nitrogens with zero attached hydrogens (tertiary/aromatic N) is 2. The summed E-state index contributed by atoms with van der Waals surface area (Å²) in [6.45, 7) is 5.39. The topological polar surface area (TPSA) is 88.1 Å². The fraction of sp³-hybridized carbons (Fsp3) is 0.120. The molecule has 0 atom stereocenters. The van der Waals surface area contributed by atoms with Gasteiger partial charge in [0.15, 0.2) is 0 Å². The average molecular weight is 498 g/mol. The molecule has 0 aromatic heterocycles. The maximum Gasteiger partial charge on any atom is 0.264 e. The monoisotopic (exact) mass is 497 g/mol. The molecule has 3 rings (SSSR count). The minimum atomic E-state index is -4.01. The summed E-state index contributed by atoms with van der Waals surface area (Å²) in [6, 6.07) is 19.7. The van der Waals surface area contributed by atoms with Crippen molar-refractivity contribution in [2.24, 2.45) is 5.10 Å². The Bertz CT molecular complexity index is 1260. The van der Waals surface area contributed by atoms with Crippen LogP contribution in [0.3, 0.4) is 0 Å². The van der Waals surface area contributed by atoms with Gasteiger partial charge in [-0.15, -0.1) is 0 Å². The van der Waals surface area contributed by atoms with Gasteiger partial charge in [-0.25, -0.2) is 13.8 Å². The largest absolute Gasteiger partial charge is 0.490 e. The summed E-state index contributed by atoms with van der Waals surface area (Å²) in [7, 11) is -4.01. The number of benzene rings is 3. The molecule has 3 aromatic rings. The van der Waals surface area contributed by atoms with Crippen LogP contribution in [0.1, 0.15) is 11.1 Å². The molecule has 0 unspecified atom stereocenters. The molecule has 34 heavy (non-hydrogen) atoms. The highest BCUT2D eigenvalue weighted by Gasteiger charge is 2.27. The van der Waals surface area contributed by atoms with Gasteiger partial charge in [0.05, 0.1) is 16.8 Å². The molecule has 0 radical (unpaired) electrons. The highest BCUT2D eigenvalue weighted by atomic mass is 35.5. The van der Waals surface area contributed by atoms with Gasteiger partial charge in [-0.05, 0) is 73.2 Å². The van der Waals surface area contributed by atoms with Gasteiger partial charge in [-0.2, -0.15) is 5.10 Å². The number of anilines is 1. The highest BCUT2D eigenvalue weighted by molar-refractivity contribution is 7.92. The van der Waals surface area contributed by atoms with E-state index in [1.165, 1.54) is 18.3 Å². The normalized spacial score (nSPS) is 11.2. The van der Waals surface area contributed by atoms with Crippen molar-refractivity contribution in [1.82, 2.24) is 5.43 Å². The summed E-state index contributed by atoms with van der Waals surface area (Å²) >= 11 is 5.95. The lowest BCUT2D eigenvalue weighted by molar-refractivity contribution is -0.119. The molecule has 0 aliphatic carbocycles. The molecular formula is C25H24ClN3O4S. The van der Waals surface area contributed by atoms with Gasteiger partial charge in [0.25, 0.3) is 15.9 Å². The van der Waals surface area contributed by atoms with E-state index < -0.39 is 22.5 Å². The summed E-state index contributed by atoms with van der Waals surface area (Å²) in [5, 5.41) is 4.39. The number of amides is 1. The third-order valence-corrected chi connectivity index (χ3v) is 6.70. The van der Waals surface area contributed by atoms with Crippen LogP contribution in [0.25, 0.3) is 0 Å². The zero-order valence-corrected chi connectivity index (χ0v) is 20.1. The second-order valence-electron chi connectivity index (χ2n) is 7.26. The first kappa shape index (κ1) is 25.0. The van der Waals surface area contributed by atoms with E-state index in [4.69, 9.17) is 16.3 Å². The Hall–Kier alpha value is -3.62. The number of aryl methyl sites for hydroxylation is 1. The van der Waals surface area contributed by atoms with Crippen molar-refractivity contribution >= 4 is 39.4 Å². The molecule has 9 heteroatoms. The standard InChI is InChI=1S/C25H24ClN3O4S/c1-3-16-33-23-12-6-20(7-13-23)17-27-28-25(30)18-29(22-10-8-21(26)9-11-22)34(31,32)24-14-4-19(2)5-15-24/h3-15,17H,1,16,18H2,2H3,(H,28,30)/b27-17+. The van der Waals surface area contributed by atoms with E-state index in [0.29, 0.717) is 23.1 Å². The lowest BCUT2D eigenvalue weighted by atomic mass is 10.2. The Kier molecular flexibility index (Phi) is 8.45. The Morgan fingerprint density at radius 2 is 1.71 bits per heavy atom. The zero-order chi connectivity index (χ0) is 24.6. The van der Waals surface area contributed by atoms with E-state index in [-0.39, 0.29) is 4.90 Å². The molecule has 0 saturated heterocycles. The van der Waals surface area contributed by atoms with Gasteiger partial charge in [0.2, 0.25) is 0 Å². The fourth-order valence-electron chi connectivity index (χ4n) is 2.91. The van der Waals surface area contributed by atoms with Crippen molar-refractivity contribution in [2.75, 3.05) is 17.5 Å². The van der Waals surface area contributed by atoms with Gasteiger partial charge in [-0.3, -0.25) is 9.10 Å². The summed E-state index contributed by atoms with van der Waals surface area (Å²) in [4.78, 5) is 12.7. The lowest BCUT2D eigenvalue weighted by Gasteiger charge is -2.23. The number of halogens is 1. The summed E-state index contributed by atoms with van der Waals surface area (Å²) < 4.78 is 33.1. The third-order valence-electron chi connectivity index (χ3n) is 4.66. The number of sulfonamides is 1. The van der Waals surface area contributed by atoms with Crippen molar-refractivity contribution in [2.45, 2.75) is 11.8 Å². The predicted molar refractivity (Wildman–Crippen MR) is 135 cm³/mol. The van der Waals surface area contributed by atoms with Crippen molar-refractivity contribution in [1.29, 1.82) is 0 Å². The first-order valence-corrected chi connectivity index (χ1v) is 12.1. The van der Waals surface area contributed by atoms with Crippen LogP contribution >= 0.6 is 11.6 Å². The quantitative estimate of drug-likeness (QED) is 0.253. The fourth-order valence-corrected chi connectivity index (χ4v) is 4.46. The third kappa shape index (κ3) is 6.69. The van der Waals surface area contributed by atoms with E-state index in [0.717, 1.165) is 15.4 Å². The molecule has 0 spiro atoms. The molecule has 0 aliphatic rings. The Morgan fingerprint density at radius 1 is 1.06 bits per heavy atom. The molecule has 0 fully saturated rings. The van der Waals surface area contributed by atoms with Crippen molar-refractivity contribution in [3.63, 3.8) is 0 Å². The zero-order valence-electron chi connectivity index (χ0n) is 18.5. The molecule has 1 amide bonds. The first-order chi connectivity index (χ1) is 16.3. The number of hydrazone groups is 1. The molecule has 3 aromatic carbocycles. The van der Waals surface area contributed by atoms with E-state index in [1.54, 1.807) is 66.7 Å². The molecular weight excluding hydrogens is 474 g/mol. The van der Waals surface area contributed by atoms with E-state index >= 15 is 0 Å². The van der Waals surface area contributed by atoms with Gasteiger partial charge in [0, 0.05) is 5.02 Å². The maximum absolute atomic E-state index is 13.3. The average Bonchev–Trinajstić information content (AvgIpc) is 2.83. The number of rotatable bonds is 10. The van der Waals surface area contributed by atoms with Crippen molar-refractivity contribution in [3.05, 3.63) is 102 Å². The summed E-state index contributed by atoms with van der Waals surface area (Å²) in [5.74, 6) is 0.0776. The predicted octanol–water partition coefficient (Wildman–Crippen LogP) is 4.56. The molecule has 176 valence electrons. The molecule has 7 nitrogen and oxygen atoms in total. The van der Waals surface area contributed by atoms with E-state index in [9.17, 15) is 13.2 Å². The van der Waals surface area contributed by atoms with Crippen LogP contribution in [0, 0.1) is 6.92 Å². The number of hydrogen-bond donors (Lipinski definition) is 1. The lowest BCUT2D eigenvalue weighted by Crippen LogP contribution is -2.39. The second kappa shape index (κ2) is 11.5. The van der Waals surface area contributed by atoms with Crippen LogP contribution in [0.2, 0.25) is 5.02 Å². The molecule has 0 saturated carbocycles. The molecule has 1 N–H and O–H groups in total. The van der Waals surface area contributed by atoms with E-state index in [2.05, 4.69) is 17.1 Å². The number of ether oxygens (including phenoxy) is 1. The SMILES string of the molecule is C=CCOc1ccc(/C=N/NC(=O)CN(c2ccc(Cl)cc2)S(=O)(=O)c2ccc(C)cc2)cc1. The van der Waals surface area contributed by atoms with Gasteiger partial charge in [0.1, 0.15) is 18.9 Å². The van der Waals surface area contributed by atoms with Crippen LogP contribution in [0.5, 0.6) is 5.75 Å². The molecule has 0 bridgehead atoms. The Labute approximate surface area is 204 Å². The molecule has 0 aliphatic heterocycles. The Balaban J connectivity index is 1.75. The van der Waals surface area contributed by atoms with Crippen LogP contribution in [-0.2, 0) is 14.8 Å². The minimum Gasteiger partial charge on any atom is -0.490 e. The van der Waals surface area contributed by atoms with Crippen LogP contribution in [0.4, 0.5) is 5.69 Å². The number of carbonyl (C=O) groups excluding carboxylic acids is 1. The molecule has 0 heterocycles. The maximum atomic E-state index is 13.3. The van der Waals surface area contributed by atoms with Crippen LogP contribution < -0.4 is 14.5 Å². The number of hydrogen-bond acceptors (Lipinski definition) is 5. The van der Waals surface area contributed by atoms with Crippen molar-refractivity contribution < 1.29 is 17.9 Å². The van der Waals surface area contributed by atoms with Gasteiger partial charge in [-0.1, -0.05) is 42.0 Å².